The van der Waals surface area contributed by atoms with Gasteiger partial charge in [-0.05, 0) is 13.0 Å². The number of amidine groups is 1. The maximum Gasteiger partial charge on any atom is 0.317 e. The lowest BCUT2D eigenvalue weighted by atomic mass is 10.3. The van der Waals surface area contributed by atoms with E-state index in [4.69, 9.17) is 25.2 Å². The first kappa shape index (κ1) is 16.1. The molecule has 0 aliphatic rings. The number of nitrogens with zero attached hydrogens (tertiary/aromatic N) is 3. The second-order valence-electron chi connectivity index (χ2n) is 3.97. The van der Waals surface area contributed by atoms with Gasteiger partial charge in [0, 0.05) is 25.8 Å². The van der Waals surface area contributed by atoms with E-state index in [9.17, 15) is 0 Å². The Hall–Kier alpha value is -1.93. The molecule has 0 spiro atoms. The normalized spacial score (nSPS) is 11.6. The predicted octanol–water partition coefficient (Wildman–Crippen LogP) is 0.311. The van der Waals surface area contributed by atoms with E-state index in [-0.39, 0.29) is 11.8 Å². The Morgan fingerprint density at radius 3 is 2.80 bits per heavy atom. The molecule has 0 aliphatic heterocycles. The number of methoxy groups -OCH3 is 1. The van der Waals surface area contributed by atoms with Crippen LogP contribution in [0.1, 0.15) is 17.8 Å². The lowest BCUT2D eigenvalue weighted by Crippen LogP contribution is -2.17. The summed E-state index contributed by atoms with van der Waals surface area (Å²) in [6, 6.07) is 1.80. The largest absolute Gasteiger partial charge is 0.463 e. The van der Waals surface area contributed by atoms with Crippen molar-refractivity contribution in [3.05, 3.63) is 17.5 Å². The molecule has 3 N–H and O–H groups in total. The Kier molecular flexibility index (Phi) is 7.30. The van der Waals surface area contributed by atoms with Crippen LogP contribution in [0.15, 0.2) is 11.2 Å². The molecule has 0 aromatic carbocycles. The van der Waals surface area contributed by atoms with Gasteiger partial charge in [-0.25, -0.2) is 4.98 Å². The first-order valence-electron chi connectivity index (χ1n) is 6.20. The van der Waals surface area contributed by atoms with Crippen LogP contribution >= 0.6 is 0 Å². The van der Waals surface area contributed by atoms with Crippen LogP contribution in [0, 0.1) is 6.92 Å². The predicted molar refractivity (Wildman–Crippen MR) is 72.1 cm³/mol. The summed E-state index contributed by atoms with van der Waals surface area (Å²) in [4.78, 5) is 8.15. The SMILES string of the molecule is COCCOCCCOc1nc(C)cc(/C(N)=N/O)n1. The van der Waals surface area contributed by atoms with E-state index in [0.29, 0.717) is 44.2 Å². The Bertz CT molecular complexity index is 439. The van der Waals surface area contributed by atoms with Crippen molar-refractivity contribution in [2.75, 3.05) is 33.5 Å². The molecular formula is C12H20N4O4. The highest BCUT2D eigenvalue weighted by atomic mass is 16.5. The molecule has 8 heteroatoms. The summed E-state index contributed by atoms with van der Waals surface area (Å²) in [7, 11) is 1.63. The van der Waals surface area contributed by atoms with Crippen LogP contribution < -0.4 is 10.5 Å². The fourth-order valence-electron chi connectivity index (χ4n) is 1.36. The fourth-order valence-corrected chi connectivity index (χ4v) is 1.36. The minimum absolute atomic E-state index is 0.0803. The lowest BCUT2D eigenvalue weighted by Gasteiger charge is -2.07. The molecule has 8 nitrogen and oxygen atoms in total. The average Bonchev–Trinajstić information content (AvgIpc) is 2.45. The van der Waals surface area contributed by atoms with E-state index >= 15 is 0 Å². The summed E-state index contributed by atoms with van der Waals surface area (Å²) in [5.41, 5.74) is 6.48. The number of aromatic nitrogens is 2. The van der Waals surface area contributed by atoms with Gasteiger partial charge in [0.05, 0.1) is 19.8 Å². The molecule has 1 aromatic heterocycles. The number of hydrogen-bond acceptors (Lipinski definition) is 7. The maximum atomic E-state index is 8.62. The van der Waals surface area contributed by atoms with Gasteiger partial charge in [-0.2, -0.15) is 4.98 Å². The number of aryl methyl sites for hydroxylation is 1. The third-order valence-corrected chi connectivity index (χ3v) is 2.30. The molecular weight excluding hydrogens is 264 g/mol. The summed E-state index contributed by atoms with van der Waals surface area (Å²) in [5, 5.41) is 11.5. The van der Waals surface area contributed by atoms with Gasteiger partial charge in [0.15, 0.2) is 5.84 Å². The first-order valence-corrected chi connectivity index (χ1v) is 6.20. The van der Waals surface area contributed by atoms with E-state index in [1.165, 1.54) is 0 Å². The van der Waals surface area contributed by atoms with Crippen LogP contribution in [0.5, 0.6) is 6.01 Å². The van der Waals surface area contributed by atoms with Gasteiger partial charge in [0.25, 0.3) is 0 Å². The summed E-state index contributed by atoms with van der Waals surface area (Å²) < 4.78 is 15.6. The Morgan fingerprint density at radius 2 is 2.10 bits per heavy atom. The van der Waals surface area contributed by atoms with E-state index in [2.05, 4.69) is 15.1 Å². The summed E-state index contributed by atoms with van der Waals surface area (Å²) in [6.45, 7) is 3.90. The van der Waals surface area contributed by atoms with E-state index in [0.717, 1.165) is 0 Å². The highest BCUT2D eigenvalue weighted by Crippen LogP contribution is 2.07. The minimum atomic E-state index is -0.0803. The minimum Gasteiger partial charge on any atom is -0.463 e. The molecule has 1 heterocycles. The van der Waals surface area contributed by atoms with Crippen molar-refractivity contribution in [3.63, 3.8) is 0 Å². The molecule has 0 saturated heterocycles. The van der Waals surface area contributed by atoms with Gasteiger partial charge in [-0.3, -0.25) is 0 Å². The van der Waals surface area contributed by atoms with Crippen molar-refractivity contribution in [2.24, 2.45) is 10.9 Å². The topological polar surface area (TPSA) is 112 Å². The zero-order chi connectivity index (χ0) is 14.8. The molecule has 0 atom stereocenters. The van der Waals surface area contributed by atoms with Gasteiger partial charge < -0.3 is 25.2 Å². The van der Waals surface area contributed by atoms with Crippen molar-refractivity contribution in [2.45, 2.75) is 13.3 Å². The third-order valence-electron chi connectivity index (χ3n) is 2.30. The molecule has 0 fully saturated rings. The standard InChI is InChI=1S/C12H20N4O4/c1-9-8-10(11(13)16-17)15-12(14-9)20-5-3-4-19-7-6-18-2/h8,17H,3-7H2,1-2H3,(H2,13,16). The molecule has 112 valence electrons. The monoisotopic (exact) mass is 284 g/mol. The van der Waals surface area contributed by atoms with Crippen LogP contribution in [-0.2, 0) is 9.47 Å². The number of ether oxygens (including phenoxy) is 3. The van der Waals surface area contributed by atoms with Gasteiger partial charge in [0.2, 0.25) is 0 Å². The molecule has 0 bridgehead atoms. The van der Waals surface area contributed by atoms with Gasteiger partial charge >= 0.3 is 6.01 Å². The summed E-state index contributed by atoms with van der Waals surface area (Å²) >= 11 is 0. The third kappa shape index (κ3) is 5.81. The number of rotatable bonds is 9. The number of oxime groups is 1. The van der Waals surface area contributed by atoms with Crippen LogP contribution in [0.4, 0.5) is 0 Å². The highest BCUT2D eigenvalue weighted by Gasteiger charge is 2.07. The van der Waals surface area contributed by atoms with Crippen molar-refractivity contribution < 1.29 is 19.4 Å². The zero-order valence-corrected chi connectivity index (χ0v) is 11.7. The maximum absolute atomic E-state index is 8.62. The first-order chi connectivity index (χ1) is 9.67. The second-order valence-corrected chi connectivity index (χ2v) is 3.97. The van der Waals surface area contributed by atoms with Gasteiger partial charge in [-0.1, -0.05) is 5.16 Å². The smallest absolute Gasteiger partial charge is 0.317 e. The van der Waals surface area contributed by atoms with Crippen LogP contribution in [0.2, 0.25) is 0 Å². The van der Waals surface area contributed by atoms with Crippen molar-refractivity contribution in [1.29, 1.82) is 0 Å². The quantitative estimate of drug-likeness (QED) is 0.221. The molecule has 1 rings (SSSR count). The van der Waals surface area contributed by atoms with E-state index < -0.39 is 0 Å². The van der Waals surface area contributed by atoms with Crippen molar-refractivity contribution in [1.82, 2.24) is 9.97 Å². The zero-order valence-electron chi connectivity index (χ0n) is 11.7. The molecule has 0 radical (unpaired) electrons. The average molecular weight is 284 g/mol. The fraction of sp³-hybridized carbons (Fsp3) is 0.583. The lowest BCUT2D eigenvalue weighted by molar-refractivity contribution is 0.0639. The number of nitrogens with two attached hydrogens (primary N) is 1. The van der Waals surface area contributed by atoms with Crippen molar-refractivity contribution in [3.8, 4) is 6.01 Å². The summed E-state index contributed by atoms with van der Waals surface area (Å²) in [6.07, 6.45) is 0.708. The van der Waals surface area contributed by atoms with Crippen molar-refractivity contribution >= 4 is 5.84 Å². The van der Waals surface area contributed by atoms with Gasteiger partial charge in [-0.15, -0.1) is 0 Å². The van der Waals surface area contributed by atoms with Crippen LogP contribution in [-0.4, -0.2) is 54.5 Å². The summed E-state index contributed by atoms with van der Waals surface area (Å²) in [5.74, 6) is -0.0803. The van der Waals surface area contributed by atoms with Gasteiger partial charge in [0.1, 0.15) is 5.69 Å². The number of hydrogen-bond donors (Lipinski definition) is 2. The van der Waals surface area contributed by atoms with E-state index in [1.807, 2.05) is 0 Å². The van der Waals surface area contributed by atoms with Crippen LogP contribution in [0.3, 0.4) is 0 Å². The van der Waals surface area contributed by atoms with Crippen LogP contribution in [0.25, 0.3) is 0 Å². The Morgan fingerprint density at radius 1 is 1.30 bits per heavy atom. The Balaban J connectivity index is 2.38. The molecule has 0 aliphatic carbocycles. The van der Waals surface area contributed by atoms with E-state index in [1.54, 1.807) is 20.1 Å². The second kappa shape index (κ2) is 9.05. The molecule has 0 amide bonds. The Labute approximate surface area is 117 Å². The molecule has 1 aromatic rings. The molecule has 0 unspecified atom stereocenters. The highest BCUT2D eigenvalue weighted by molar-refractivity contribution is 5.95. The molecule has 20 heavy (non-hydrogen) atoms. The molecule has 0 saturated carbocycles.